The Kier molecular flexibility index (Phi) is 4.21. The van der Waals surface area contributed by atoms with Gasteiger partial charge in [0.15, 0.2) is 5.96 Å². The Morgan fingerprint density at radius 3 is 2.85 bits per heavy atom. The lowest BCUT2D eigenvalue weighted by atomic mass is 10.00. The number of nitrogens with one attached hydrogen (secondary N) is 1. The second-order valence-electron chi connectivity index (χ2n) is 6.56. The molecular formula is C16H26N4. The van der Waals surface area contributed by atoms with Gasteiger partial charge in [0.25, 0.3) is 0 Å². The van der Waals surface area contributed by atoms with Gasteiger partial charge in [0.1, 0.15) is 0 Å². The Balaban J connectivity index is 2.06. The van der Waals surface area contributed by atoms with Crippen LogP contribution in [-0.4, -0.2) is 25.1 Å². The van der Waals surface area contributed by atoms with Crippen LogP contribution in [0.1, 0.15) is 38.3 Å². The van der Waals surface area contributed by atoms with Crippen LogP contribution in [0.3, 0.4) is 0 Å². The molecule has 1 heterocycles. The molecular weight excluding hydrogens is 248 g/mol. The molecule has 4 heteroatoms. The summed E-state index contributed by atoms with van der Waals surface area (Å²) in [6, 6.07) is 6.61. The van der Waals surface area contributed by atoms with Crippen molar-refractivity contribution in [1.82, 2.24) is 5.32 Å². The number of aryl methyl sites for hydroxylation is 1. The van der Waals surface area contributed by atoms with Crippen molar-refractivity contribution in [3.63, 3.8) is 0 Å². The van der Waals surface area contributed by atoms with E-state index in [4.69, 9.17) is 5.73 Å². The fourth-order valence-corrected chi connectivity index (χ4v) is 2.54. The molecule has 0 bridgehead atoms. The first-order valence-electron chi connectivity index (χ1n) is 7.26. The summed E-state index contributed by atoms with van der Waals surface area (Å²) in [6.07, 6.45) is 2.39. The topological polar surface area (TPSA) is 53.6 Å². The van der Waals surface area contributed by atoms with E-state index in [1.54, 1.807) is 0 Å². The van der Waals surface area contributed by atoms with Crippen LogP contribution in [0.15, 0.2) is 23.2 Å². The van der Waals surface area contributed by atoms with Gasteiger partial charge in [-0.15, -0.1) is 0 Å². The lowest BCUT2D eigenvalue weighted by Crippen LogP contribution is -2.44. The summed E-state index contributed by atoms with van der Waals surface area (Å²) in [6.45, 7) is 8.00. The molecule has 20 heavy (non-hydrogen) atoms. The summed E-state index contributed by atoms with van der Waals surface area (Å²) in [5, 5.41) is 3.18. The Morgan fingerprint density at radius 2 is 2.15 bits per heavy atom. The normalized spacial score (nSPS) is 16.0. The van der Waals surface area contributed by atoms with Crippen LogP contribution < -0.4 is 16.0 Å². The Morgan fingerprint density at radius 1 is 1.40 bits per heavy atom. The first-order chi connectivity index (χ1) is 9.35. The van der Waals surface area contributed by atoms with Crippen LogP contribution in [0.25, 0.3) is 0 Å². The van der Waals surface area contributed by atoms with Crippen molar-refractivity contribution >= 4 is 11.6 Å². The van der Waals surface area contributed by atoms with Crippen molar-refractivity contribution < 1.29 is 0 Å². The van der Waals surface area contributed by atoms with Crippen LogP contribution in [-0.2, 0) is 13.0 Å². The molecule has 4 nitrogen and oxygen atoms in total. The smallest absolute Gasteiger partial charge is 0.189 e. The minimum Gasteiger partial charge on any atom is -0.374 e. The number of fused-ring (bicyclic) bond motifs is 1. The van der Waals surface area contributed by atoms with Crippen molar-refractivity contribution in [3.05, 3.63) is 29.3 Å². The largest absolute Gasteiger partial charge is 0.374 e. The predicted octanol–water partition coefficient (Wildman–Crippen LogP) is 2.27. The molecule has 0 unspecified atom stereocenters. The molecule has 0 aromatic heterocycles. The second kappa shape index (κ2) is 5.73. The van der Waals surface area contributed by atoms with E-state index in [1.807, 2.05) is 0 Å². The molecule has 0 aliphatic carbocycles. The summed E-state index contributed by atoms with van der Waals surface area (Å²) in [7, 11) is 2.15. The van der Waals surface area contributed by atoms with Gasteiger partial charge < -0.3 is 16.0 Å². The maximum Gasteiger partial charge on any atom is 0.189 e. The molecule has 0 spiro atoms. The van der Waals surface area contributed by atoms with Crippen molar-refractivity contribution in [1.29, 1.82) is 0 Å². The number of benzene rings is 1. The molecule has 3 N–H and O–H groups in total. The van der Waals surface area contributed by atoms with Crippen LogP contribution in [0.5, 0.6) is 0 Å². The van der Waals surface area contributed by atoms with Gasteiger partial charge in [0.05, 0.1) is 6.54 Å². The molecule has 0 amide bonds. The van der Waals surface area contributed by atoms with Gasteiger partial charge in [-0.25, -0.2) is 4.99 Å². The van der Waals surface area contributed by atoms with Crippen molar-refractivity contribution in [3.8, 4) is 0 Å². The van der Waals surface area contributed by atoms with Gasteiger partial charge in [0, 0.05) is 24.8 Å². The lowest BCUT2D eigenvalue weighted by molar-refractivity contribution is 0.508. The molecule has 0 atom stereocenters. The number of nitrogens with zero attached hydrogens (tertiary/aromatic N) is 2. The summed E-state index contributed by atoms with van der Waals surface area (Å²) in [5.41, 5.74) is 9.85. The van der Waals surface area contributed by atoms with Gasteiger partial charge in [-0.3, -0.25) is 0 Å². The summed E-state index contributed by atoms with van der Waals surface area (Å²) >= 11 is 0. The van der Waals surface area contributed by atoms with E-state index in [2.05, 4.69) is 61.2 Å². The fraction of sp³-hybridized carbons (Fsp3) is 0.562. The highest BCUT2D eigenvalue weighted by Crippen LogP contribution is 2.26. The van der Waals surface area contributed by atoms with Gasteiger partial charge in [-0.2, -0.15) is 0 Å². The zero-order valence-electron chi connectivity index (χ0n) is 13.0. The molecule has 1 aromatic rings. The van der Waals surface area contributed by atoms with Crippen LogP contribution in [0.2, 0.25) is 0 Å². The van der Waals surface area contributed by atoms with E-state index < -0.39 is 0 Å². The Labute approximate surface area is 122 Å². The van der Waals surface area contributed by atoms with Gasteiger partial charge >= 0.3 is 0 Å². The first kappa shape index (κ1) is 14.7. The van der Waals surface area contributed by atoms with E-state index in [0.717, 1.165) is 13.0 Å². The minimum absolute atomic E-state index is 0.0495. The average molecular weight is 274 g/mol. The summed E-state index contributed by atoms with van der Waals surface area (Å²) in [5.74, 6) is 0.507. The van der Waals surface area contributed by atoms with E-state index in [0.29, 0.717) is 12.5 Å². The predicted molar refractivity (Wildman–Crippen MR) is 86.2 cm³/mol. The molecule has 0 saturated heterocycles. The van der Waals surface area contributed by atoms with E-state index >= 15 is 0 Å². The number of rotatable bonds is 2. The molecule has 110 valence electrons. The van der Waals surface area contributed by atoms with Gasteiger partial charge in [-0.1, -0.05) is 12.1 Å². The van der Waals surface area contributed by atoms with E-state index in [9.17, 15) is 0 Å². The maximum absolute atomic E-state index is 5.90. The van der Waals surface area contributed by atoms with Crippen molar-refractivity contribution in [2.24, 2.45) is 10.7 Å². The van der Waals surface area contributed by atoms with Crippen LogP contribution in [0, 0.1) is 0 Å². The van der Waals surface area contributed by atoms with Crippen LogP contribution >= 0.6 is 0 Å². The number of hydrogen-bond donors (Lipinski definition) is 2. The van der Waals surface area contributed by atoms with Gasteiger partial charge in [-0.05, 0) is 50.8 Å². The fourth-order valence-electron chi connectivity index (χ4n) is 2.54. The van der Waals surface area contributed by atoms with Crippen molar-refractivity contribution in [2.45, 2.75) is 45.7 Å². The van der Waals surface area contributed by atoms with Crippen molar-refractivity contribution in [2.75, 3.05) is 18.5 Å². The SMILES string of the molecule is CN1CCCc2cc(CN=C(N)NC(C)(C)C)ccc21. The molecule has 0 fully saturated rings. The zero-order chi connectivity index (χ0) is 14.8. The number of nitrogens with two attached hydrogens (primary N) is 1. The third kappa shape index (κ3) is 3.89. The highest BCUT2D eigenvalue weighted by molar-refractivity contribution is 5.78. The molecule has 0 saturated carbocycles. The zero-order valence-corrected chi connectivity index (χ0v) is 13.0. The highest BCUT2D eigenvalue weighted by Gasteiger charge is 2.13. The number of hydrogen-bond acceptors (Lipinski definition) is 2. The van der Waals surface area contributed by atoms with Gasteiger partial charge in [0.2, 0.25) is 0 Å². The molecule has 0 radical (unpaired) electrons. The quantitative estimate of drug-likeness (QED) is 0.642. The monoisotopic (exact) mass is 274 g/mol. The summed E-state index contributed by atoms with van der Waals surface area (Å²) in [4.78, 5) is 6.74. The first-order valence-corrected chi connectivity index (χ1v) is 7.26. The summed E-state index contributed by atoms with van der Waals surface area (Å²) < 4.78 is 0. The average Bonchev–Trinajstić information content (AvgIpc) is 2.34. The maximum atomic E-state index is 5.90. The number of anilines is 1. The second-order valence-corrected chi connectivity index (χ2v) is 6.56. The lowest BCUT2D eigenvalue weighted by Gasteiger charge is -2.27. The third-order valence-electron chi connectivity index (χ3n) is 3.43. The van der Waals surface area contributed by atoms with E-state index in [-0.39, 0.29) is 5.54 Å². The van der Waals surface area contributed by atoms with E-state index in [1.165, 1.54) is 23.2 Å². The van der Waals surface area contributed by atoms with Crippen LogP contribution in [0.4, 0.5) is 5.69 Å². The number of guanidine groups is 1. The molecule has 1 aromatic carbocycles. The third-order valence-corrected chi connectivity index (χ3v) is 3.43. The Bertz CT molecular complexity index is 500. The molecule has 2 rings (SSSR count). The highest BCUT2D eigenvalue weighted by atomic mass is 15.1. The standard InChI is InChI=1S/C16H26N4/c1-16(2,3)19-15(17)18-11-12-7-8-14-13(10-12)6-5-9-20(14)4/h7-8,10H,5-6,9,11H2,1-4H3,(H3,17,18,19). The Hall–Kier alpha value is -1.71. The number of aliphatic imine (C=N–C) groups is 1. The molecule has 1 aliphatic rings. The molecule has 1 aliphatic heterocycles. The minimum atomic E-state index is -0.0495.